The molecule has 0 aromatic heterocycles. The zero-order valence-corrected chi connectivity index (χ0v) is 11.6. The highest BCUT2D eigenvalue weighted by Crippen LogP contribution is 2.27. The van der Waals surface area contributed by atoms with E-state index < -0.39 is 0 Å². The van der Waals surface area contributed by atoms with Gasteiger partial charge in [0.25, 0.3) is 0 Å². The monoisotopic (exact) mass is 287 g/mol. The van der Waals surface area contributed by atoms with E-state index in [1.807, 2.05) is 54.6 Å². The predicted molar refractivity (Wildman–Crippen MR) is 79.6 cm³/mol. The largest absolute Gasteiger partial charge is 0.457 e. The summed E-state index contributed by atoms with van der Waals surface area (Å²) in [6.45, 7) is 0.569. The van der Waals surface area contributed by atoms with Gasteiger partial charge in [-0.3, -0.25) is 4.79 Å². The molecule has 4 heteroatoms. The lowest BCUT2D eigenvalue weighted by molar-refractivity contribution is -0.117. The predicted octanol–water partition coefficient (Wildman–Crippen LogP) is 3.82. The zero-order chi connectivity index (χ0) is 13.9. The van der Waals surface area contributed by atoms with Crippen molar-refractivity contribution in [3.8, 4) is 11.5 Å². The quantitative estimate of drug-likeness (QED) is 0.803. The van der Waals surface area contributed by atoms with Crippen molar-refractivity contribution in [1.29, 1.82) is 0 Å². The summed E-state index contributed by atoms with van der Waals surface area (Å²) >= 11 is 6.00. The van der Waals surface area contributed by atoms with Crippen molar-refractivity contribution in [2.45, 2.75) is 11.8 Å². The third-order valence-corrected chi connectivity index (χ3v) is 3.50. The minimum absolute atomic E-state index is 0.0710. The Hall–Kier alpha value is -2.00. The highest BCUT2D eigenvalue weighted by atomic mass is 35.5. The molecular weight excluding hydrogens is 274 g/mol. The molecule has 3 nitrogen and oxygen atoms in total. The molecule has 1 fully saturated rings. The standard InChI is InChI=1S/C16H14ClNO2/c17-12-10-16(19)18(11-12)13-6-8-15(9-7-13)20-14-4-2-1-3-5-14/h1-9,12H,10-11H2. The second kappa shape index (κ2) is 5.55. The number of halogens is 1. The van der Waals surface area contributed by atoms with Crippen molar-refractivity contribution in [1.82, 2.24) is 0 Å². The molecule has 2 aromatic carbocycles. The van der Waals surface area contributed by atoms with Gasteiger partial charge in [0.15, 0.2) is 0 Å². The smallest absolute Gasteiger partial charge is 0.228 e. The third kappa shape index (κ3) is 2.78. The van der Waals surface area contributed by atoms with E-state index in [0.29, 0.717) is 13.0 Å². The first-order valence-corrected chi connectivity index (χ1v) is 6.93. The molecular formula is C16H14ClNO2. The number of hydrogen-bond donors (Lipinski definition) is 0. The third-order valence-electron chi connectivity index (χ3n) is 3.21. The van der Waals surface area contributed by atoms with Gasteiger partial charge >= 0.3 is 0 Å². The summed E-state index contributed by atoms with van der Waals surface area (Å²) < 4.78 is 5.71. The molecule has 1 saturated heterocycles. The molecule has 0 bridgehead atoms. The fourth-order valence-electron chi connectivity index (χ4n) is 2.23. The normalized spacial score (nSPS) is 18.4. The molecule has 2 aromatic rings. The SMILES string of the molecule is O=C1CC(Cl)CN1c1ccc(Oc2ccccc2)cc1. The van der Waals surface area contributed by atoms with Crippen LogP contribution in [0.25, 0.3) is 0 Å². The van der Waals surface area contributed by atoms with Crippen LogP contribution in [0, 0.1) is 0 Å². The van der Waals surface area contributed by atoms with Crippen molar-refractivity contribution in [3.05, 3.63) is 54.6 Å². The summed E-state index contributed by atoms with van der Waals surface area (Å²) in [7, 11) is 0. The number of hydrogen-bond acceptors (Lipinski definition) is 2. The number of ether oxygens (including phenoxy) is 1. The molecule has 102 valence electrons. The highest BCUT2D eigenvalue weighted by Gasteiger charge is 2.28. The average Bonchev–Trinajstić information content (AvgIpc) is 2.80. The minimum Gasteiger partial charge on any atom is -0.457 e. The second-order valence-electron chi connectivity index (χ2n) is 4.71. The van der Waals surface area contributed by atoms with Gasteiger partial charge in [-0.05, 0) is 36.4 Å². The van der Waals surface area contributed by atoms with Crippen molar-refractivity contribution in [2.75, 3.05) is 11.4 Å². The van der Waals surface area contributed by atoms with E-state index in [0.717, 1.165) is 17.2 Å². The maximum Gasteiger partial charge on any atom is 0.228 e. The van der Waals surface area contributed by atoms with Crippen LogP contribution in [0.3, 0.4) is 0 Å². The van der Waals surface area contributed by atoms with Crippen LogP contribution in [-0.4, -0.2) is 17.8 Å². The van der Waals surface area contributed by atoms with Crippen LogP contribution < -0.4 is 9.64 Å². The van der Waals surface area contributed by atoms with Gasteiger partial charge in [-0.1, -0.05) is 18.2 Å². The molecule has 1 unspecified atom stereocenters. The Labute approximate surface area is 122 Å². The van der Waals surface area contributed by atoms with Gasteiger partial charge in [-0.2, -0.15) is 0 Å². The molecule has 1 amide bonds. The van der Waals surface area contributed by atoms with Crippen molar-refractivity contribution in [3.63, 3.8) is 0 Å². The first kappa shape index (κ1) is 13.0. The van der Waals surface area contributed by atoms with Crippen LogP contribution >= 0.6 is 11.6 Å². The van der Waals surface area contributed by atoms with Gasteiger partial charge in [-0.15, -0.1) is 11.6 Å². The number of carbonyl (C=O) groups is 1. The van der Waals surface area contributed by atoms with Gasteiger partial charge < -0.3 is 9.64 Å². The minimum atomic E-state index is -0.0947. The van der Waals surface area contributed by atoms with Crippen molar-refractivity contribution >= 4 is 23.2 Å². The first-order valence-electron chi connectivity index (χ1n) is 6.50. The molecule has 1 heterocycles. The van der Waals surface area contributed by atoms with Crippen LogP contribution in [-0.2, 0) is 4.79 Å². The number of para-hydroxylation sites is 1. The fraction of sp³-hybridized carbons (Fsp3) is 0.188. The van der Waals surface area contributed by atoms with Crippen LogP contribution in [0.2, 0.25) is 0 Å². The van der Waals surface area contributed by atoms with E-state index in [1.165, 1.54) is 0 Å². The van der Waals surface area contributed by atoms with E-state index in [2.05, 4.69) is 0 Å². The Balaban J connectivity index is 1.73. The summed E-state index contributed by atoms with van der Waals surface area (Å²) in [5.74, 6) is 1.61. The Morgan fingerprint density at radius 3 is 2.25 bits per heavy atom. The van der Waals surface area contributed by atoms with Crippen LogP contribution in [0.15, 0.2) is 54.6 Å². The molecule has 1 aliphatic heterocycles. The number of carbonyl (C=O) groups excluding carboxylic acids is 1. The maximum atomic E-state index is 11.8. The molecule has 0 N–H and O–H groups in total. The molecule has 0 spiro atoms. The fourth-order valence-corrected chi connectivity index (χ4v) is 2.50. The Bertz CT molecular complexity index is 598. The molecule has 0 radical (unpaired) electrons. The highest BCUT2D eigenvalue weighted by molar-refractivity contribution is 6.24. The first-order chi connectivity index (χ1) is 9.72. The number of nitrogens with zero attached hydrogens (tertiary/aromatic N) is 1. The lowest BCUT2D eigenvalue weighted by Crippen LogP contribution is -2.24. The topological polar surface area (TPSA) is 29.5 Å². The maximum absolute atomic E-state index is 11.8. The van der Waals surface area contributed by atoms with Crippen molar-refractivity contribution in [2.24, 2.45) is 0 Å². The van der Waals surface area contributed by atoms with E-state index in [-0.39, 0.29) is 11.3 Å². The van der Waals surface area contributed by atoms with Gasteiger partial charge in [0.2, 0.25) is 5.91 Å². The summed E-state index contributed by atoms with van der Waals surface area (Å²) in [6.07, 6.45) is 0.407. The van der Waals surface area contributed by atoms with Gasteiger partial charge in [0.05, 0.1) is 5.38 Å². The van der Waals surface area contributed by atoms with Gasteiger partial charge in [0.1, 0.15) is 11.5 Å². The Morgan fingerprint density at radius 2 is 1.65 bits per heavy atom. The van der Waals surface area contributed by atoms with Crippen LogP contribution in [0.5, 0.6) is 11.5 Å². The number of anilines is 1. The van der Waals surface area contributed by atoms with Crippen molar-refractivity contribution < 1.29 is 9.53 Å². The van der Waals surface area contributed by atoms with Gasteiger partial charge in [0, 0.05) is 18.7 Å². The summed E-state index contributed by atoms with van der Waals surface area (Å²) in [5.41, 5.74) is 0.860. The van der Waals surface area contributed by atoms with Gasteiger partial charge in [-0.25, -0.2) is 0 Å². The molecule has 0 saturated carbocycles. The zero-order valence-electron chi connectivity index (χ0n) is 10.8. The van der Waals surface area contributed by atoms with E-state index in [9.17, 15) is 4.79 Å². The summed E-state index contributed by atoms with van der Waals surface area (Å²) in [6, 6.07) is 17.1. The lowest BCUT2D eigenvalue weighted by Gasteiger charge is -2.16. The van der Waals surface area contributed by atoms with E-state index >= 15 is 0 Å². The molecule has 1 atom stereocenters. The summed E-state index contributed by atoms with van der Waals surface area (Å²) in [5, 5.41) is -0.0947. The number of rotatable bonds is 3. The average molecular weight is 288 g/mol. The second-order valence-corrected chi connectivity index (χ2v) is 5.33. The number of alkyl halides is 1. The van der Waals surface area contributed by atoms with E-state index in [1.54, 1.807) is 4.90 Å². The van der Waals surface area contributed by atoms with E-state index in [4.69, 9.17) is 16.3 Å². The molecule has 3 rings (SSSR count). The van der Waals surface area contributed by atoms with Crippen LogP contribution in [0.4, 0.5) is 5.69 Å². The number of amides is 1. The number of benzene rings is 2. The molecule has 1 aliphatic rings. The molecule has 0 aliphatic carbocycles. The lowest BCUT2D eigenvalue weighted by atomic mass is 10.2. The molecule has 20 heavy (non-hydrogen) atoms. The summed E-state index contributed by atoms with van der Waals surface area (Å²) in [4.78, 5) is 13.5. The Morgan fingerprint density at radius 1 is 1.00 bits per heavy atom. The Kier molecular flexibility index (Phi) is 3.61. The van der Waals surface area contributed by atoms with Crippen LogP contribution in [0.1, 0.15) is 6.42 Å².